The average molecular weight is 356 g/mol. The van der Waals surface area contributed by atoms with Gasteiger partial charge in [-0.3, -0.25) is 0 Å². The molecule has 8 N–H and O–H groups in total. The summed E-state index contributed by atoms with van der Waals surface area (Å²) in [4.78, 5) is 21.6. The van der Waals surface area contributed by atoms with Crippen molar-refractivity contribution in [3.63, 3.8) is 0 Å². The number of aliphatic carboxylic acids is 1. The van der Waals surface area contributed by atoms with Crippen LogP contribution in [0.25, 0.3) is 0 Å². The third-order valence-electron chi connectivity index (χ3n) is 3.54. The van der Waals surface area contributed by atoms with Gasteiger partial charge in [-0.25, -0.2) is 4.79 Å². The van der Waals surface area contributed by atoms with Crippen molar-refractivity contribution < 1.29 is 59.9 Å². The first kappa shape index (κ1) is 20.8. The second-order valence-corrected chi connectivity index (χ2v) is 5.20. The van der Waals surface area contributed by atoms with Crippen LogP contribution in [0.1, 0.15) is 0 Å². The van der Waals surface area contributed by atoms with E-state index in [1.165, 1.54) is 0 Å². The molecule has 1 heterocycles. The Morgan fingerprint density at radius 2 is 1.67 bits per heavy atom. The van der Waals surface area contributed by atoms with Crippen molar-refractivity contribution in [3.05, 3.63) is 0 Å². The summed E-state index contributed by atoms with van der Waals surface area (Å²) in [5.41, 5.74) is 0. The quantitative estimate of drug-likeness (QED) is 0.191. The number of carbonyl (C=O) groups is 2. The van der Waals surface area contributed by atoms with Gasteiger partial charge in [0, 0.05) is 0 Å². The maximum atomic E-state index is 11.0. The zero-order valence-corrected chi connectivity index (χ0v) is 12.2. The molecule has 0 amide bonds. The van der Waals surface area contributed by atoms with E-state index in [9.17, 15) is 35.1 Å². The molecular formula is C12H20O12. The van der Waals surface area contributed by atoms with E-state index in [2.05, 4.69) is 0 Å². The zero-order valence-electron chi connectivity index (χ0n) is 12.2. The van der Waals surface area contributed by atoms with Crippen molar-refractivity contribution in [3.8, 4) is 0 Å². The van der Waals surface area contributed by atoms with Gasteiger partial charge in [0.15, 0.2) is 18.7 Å². The molecule has 9 unspecified atom stereocenters. The molecule has 140 valence electrons. The van der Waals surface area contributed by atoms with E-state index in [4.69, 9.17) is 24.8 Å². The first-order valence-corrected chi connectivity index (χ1v) is 6.84. The molecule has 1 aliphatic heterocycles. The fraction of sp³-hybridized carbons (Fsp3) is 0.833. The topological polar surface area (TPSA) is 214 Å². The molecule has 0 aromatic heterocycles. The molecule has 0 aromatic carbocycles. The van der Waals surface area contributed by atoms with Crippen LogP contribution in [0.4, 0.5) is 0 Å². The van der Waals surface area contributed by atoms with Crippen molar-refractivity contribution in [2.75, 3.05) is 6.61 Å². The van der Waals surface area contributed by atoms with E-state index in [0.29, 0.717) is 0 Å². The fourth-order valence-corrected chi connectivity index (χ4v) is 2.05. The number of hydrogen-bond donors (Lipinski definition) is 8. The molecule has 12 heteroatoms. The minimum Gasteiger partial charge on any atom is -0.479 e. The van der Waals surface area contributed by atoms with Crippen LogP contribution in [0.2, 0.25) is 0 Å². The van der Waals surface area contributed by atoms with Gasteiger partial charge in [0.25, 0.3) is 0 Å². The van der Waals surface area contributed by atoms with E-state index in [1.54, 1.807) is 0 Å². The highest BCUT2D eigenvalue weighted by Gasteiger charge is 2.46. The molecule has 0 spiro atoms. The third-order valence-corrected chi connectivity index (χ3v) is 3.54. The number of carbonyl (C=O) groups excluding carboxylic acids is 1. The smallest absolute Gasteiger partial charge is 0.335 e. The van der Waals surface area contributed by atoms with Crippen molar-refractivity contribution in [1.82, 2.24) is 0 Å². The molecule has 12 nitrogen and oxygen atoms in total. The van der Waals surface area contributed by atoms with Crippen LogP contribution in [0.15, 0.2) is 0 Å². The largest absolute Gasteiger partial charge is 0.479 e. The Morgan fingerprint density at radius 1 is 1.08 bits per heavy atom. The molecule has 1 fully saturated rings. The van der Waals surface area contributed by atoms with Crippen LogP contribution >= 0.6 is 0 Å². The van der Waals surface area contributed by atoms with Crippen LogP contribution in [0, 0.1) is 0 Å². The first-order chi connectivity index (χ1) is 11.1. The first-order valence-electron chi connectivity index (χ1n) is 6.84. The van der Waals surface area contributed by atoms with Crippen LogP contribution in [0.3, 0.4) is 0 Å². The zero-order chi connectivity index (χ0) is 18.6. The molecule has 9 atom stereocenters. The second kappa shape index (κ2) is 8.75. The molecule has 1 rings (SSSR count). The lowest BCUT2D eigenvalue weighted by Crippen LogP contribution is -2.61. The summed E-state index contributed by atoms with van der Waals surface area (Å²) in [5.74, 6) is -1.86. The van der Waals surface area contributed by atoms with Crippen LogP contribution < -0.4 is 0 Å². The Bertz CT molecular complexity index is 428. The van der Waals surface area contributed by atoms with Gasteiger partial charge in [0.05, 0.1) is 6.61 Å². The fourth-order valence-electron chi connectivity index (χ4n) is 2.05. The minimum atomic E-state index is -2.42. The van der Waals surface area contributed by atoms with Gasteiger partial charge in [-0.15, -0.1) is 0 Å². The number of rotatable bonds is 8. The maximum absolute atomic E-state index is 11.0. The highest BCUT2D eigenvalue weighted by Crippen LogP contribution is 2.23. The lowest BCUT2D eigenvalue weighted by atomic mass is 9.99. The van der Waals surface area contributed by atoms with Crippen molar-refractivity contribution in [1.29, 1.82) is 0 Å². The number of aldehydes is 1. The number of carboxylic acids is 1. The van der Waals surface area contributed by atoms with E-state index in [1.807, 2.05) is 0 Å². The SMILES string of the molecule is O=CC(OC1OC(CO)C(O)C(O)C1O)C(O)C(O)C(O)C(=O)O. The van der Waals surface area contributed by atoms with Gasteiger partial charge in [-0.05, 0) is 0 Å². The molecule has 0 bridgehead atoms. The van der Waals surface area contributed by atoms with Gasteiger partial charge in [-0.1, -0.05) is 0 Å². The molecule has 0 aromatic rings. The Balaban J connectivity index is 2.83. The third kappa shape index (κ3) is 4.44. The summed E-state index contributed by atoms with van der Waals surface area (Å²) in [5, 5.41) is 74.8. The Kier molecular flexibility index (Phi) is 7.59. The minimum absolute atomic E-state index is 0.0517. The summed E-state index contributed by atoms with van der Waals surface area (Å²) in [6.45, 7) is -0.764. The molecule has 0 aliphatic carbocycles. The number of aliphatic hydroxyl groups is 7. The molecule has 1 saturated heterocycles. The lowest BCUT2D eigenvalue weighted by molar-refractivity contribution is -0.315. The van der Waals surface area contributed by atoms with Crippen molar-refractivity contribution >= 4 is 12.3 Å². The highest BCUT2D eigenvalue weighted by atomic mass is 16.7. The number of ether oxygens (including phenoxy) is 2. The number of carboxylic acid groups (broad SMARTS) is 1. The number of hydrogen-bond acceptors (Lipinski definition) is 11. The highest BCUT2D eigenvalue weighted by molar-refractivity contribution is 5.73. The molecule has 0 radical (unpaired) electrons. The lowest BCUT2D eigenvalue weighted by Gasteiger charge is -2.41. The molecular weight excluding hydrogens is 336 g/mol. The Hall–Kier alpha value is -1.22. The summed E-state index contributed by atoms with van der Waals surface area (Å²) >= 11 is 0. The van der Waals surface area contributed by atoms with E-state index >= 15 is 0 Å². The predicted molar refractivity (Wildman–Crippen MR) is 70.4 cm³/mol. The van der Waals surface area contributed by atoms with E-state index in [0.717, 1.165) is 0 Å². The van der Waals surface area contributed by atoms with Gasteiger partial charge in [0.1, 0.15) is 42.7 Å². The maximum Gasteiger partial charge on any atom is 0.335 e. The standard InChI is InChI=1S/C12H20O12/c13-1-3(5(15)7(17)9(19)11(21)22)23-12-10(20)8(18)6(16)4(2-14)24-12/h1,3-10,12,14-20H,2H2,(H,21,22). The van der Waals surface area contributed by atoms with Crippen LogP contribution in [-0.2, 0) is 19.1 Å². The van der Waals surface area contributed by atoms with Crippen molar-refractivity contribution in [2.45, 2.75) is 55.1 Å². The Labute approximate surface area is 135 Å². The van der Waals surface area contributed by atoms with Crippen LogP contribution in [-0.4, -0.2) is 115 Å². The molecule has 0 saturated carbocycles. The van der Waals surface area contributed by atoms with Crippen LogP contribution in [0.5, 0.6) is 0 Å². The molecule has 24 heavy (non-hydrogen) atoms. The van der Waals surface area contributed by atoms with Gasteiger partial charge >= 0.3 is 5.97 Å². The normalized spacial score (nSPS) is 35.7. The average Bonchev–Trinajstić information content (AvgIpc) is 2.57. The summed E-state index contributed by atoms with van der Waals surface area (Å²) in [6, 6.07) is 0. The van der Waals surface area contributed by atoms with E-state index in [-0.39, 0.29) is 6.29 Å². The van der Waals surface area contributed by atoms with Gasteiger partial charge in [0.2, 0.25) is 0 Å². The molecule has 1 aliphatic rings. The monoisotopic (exact) mass is 356 g/mol. The van der Waals surface area contributed by atoms with Gasteiger partial charge < -0.3 is 55.1 Å². The van der Waals surface area contributed by atoms with E-state index < -0.39 is 67.7 Å². The predicted octanol–water partition coefficient (Wildman–Crippen LogP) is -5.46. The van der Waals surface area contributed by atoms with Gasteiger partial charge in [-0.2, -0.15) is 0 Å². The van der Waals surface area contributed by atoms with Crippen molar-refractivity contribution in [2.24, 2.45) is 0 Å². The Morgan fingerprint density at radius 3 is 2.12 bits per heavy atom. The summed E-state index contributed by atoms with van der Waals surface area (Å²) in [6.07, 6.45) is -17.4. The number of aliphatic hydroxyl groups excluding tert-OH is 7. The second-order valence-electron chi connectivity index (χ2n) is 5.20. The summed E-state index contributed by atoms with van der Waals surface area (Å²) in [7, 11) is 0. The summed E-state index contributed by atoms with van der Waals surface area (Å²) < 4.78 is 9.82.